The van der Waals surface area contributed by atoms with Crippen molar-refractivity contribution in [2.24, 2.45) is 0 Å². The summed E-state index contributed by atoms with van der Waals surface area (Å²) in [6.07, 6.45) is 0.958. The van der Waals surface area contributed by atoms with Crippen LogP contribution < -0.4 is 0 Å². The molecule has 3 aliphatic rings. The number of nitrogens with zero attached hydrogens (tertiary/aromatic N) is 4. The molecule has 3 unspecified atom stereocenters. The van der Waals surface area contributed by atoms with E-state index in [4.69, 9.17) is 23.2 Å². The van der Waals surface area contributed by atoms with Crippen LogP contribution in [0.2, 0.25) is 10.0 Å². The first-order valence-electron chi connectivity index (χ1n) is 13.1. The average Bonchev–Trinajstić information content (AvgIpc) is 3.42. The lowest BCUT2D eigenvalue weighted by Gasteiger charge is -2.55. The summed E-state index contributed by atoms with van der Waals surface area (Å²) in [7, 11) is -4.44. The van der Waals surface area contributed by atoms with Gasteiger partial charge in [0.25, 0.3) is 0 Å². The Balaban J connectivity index is 1.63. The van der Waals surface area contributed by atoms with Crippen LogP contribution in [0.5, 0.6) is 0 Å². The minimum absolute atomic E-state index is 0.0203. The Kier molecular flexibility index (Phi) is 7.96. The molecule has 3 heterocycles. The van der Waals surface area contributed by atoms with E-state index in [2.05, 4.69) is 0 Å². The summed E-state index contributed by atoms with van der Waals surface area (Å²) in [5, 5.41) is 0.624. The fraction of sp³-hybridized carbons (Fsp3) is 0.481. The summed E-state index contributed by atoms with van der Waals surface area (Å²) < 4.78 is 44.3. The van der Waals surface area contributed by atoms with Crippen LogP contribution in [-0.4, -0.2) is 89.7 Å². The highest BCUT2D eigenvalue weighted by atomic mass is 35.5. The zero-order valence-electron chi connectivity index (χ0n) is 21.8. The molecule has 0 bridgehead atoms. The quantitative estimate of drug-likeness (QED) is 0.509. The van der Waals surface area contributed by atoms with E-state index in [1.165, 1.54) is 15.3 Å². The number of rotatable bonds is 6. The Labute approximate surface area is 238 Å². The Morgan fingerprint density at radius 2 is 1.59 bits per heavy atom. The van der Waals surface area contributed by atoms with Gasteiger partial charge in [-0.1, -0.05) is 35.3 Å². The highest BCUT2D eigenvalue weighted by molar-refractivity contribution is 7.89. The third-order valence-electron chi connectivity index (χ3n) is 7.84. The van der Waals surface area contributed by atoms with Gasteiger partial charge in [-0.2, -0.15) is 4.31 Å². The second-order valence-electron chi connectivity index (χ2n) is 10.6. The molecule has 3 atom stereocenters. The molecule has 2 amide bonds. The Hall–Kier alpha value is -2.24. The number of carbonyl (C=O) groups excluding carboxylic acids is 2. The van der Waals surface area contributed by atoms with E-state index in [9.17, 15) is 22.4 Å². The van der Waals surface area contributed by atoms with E-state index >= 15 is 0 Å². The minimum Gasteiger partial charge on any atom is -0.335 e. The molecule has 12 heteroatoms. The molecule has 8 nitrogen and oxygen atoms in total. The molecule has 3 fully saturated rings. The number of hydrogen-bond donors (Lipinski definition) is 0. The van der Waals surface area contributed by atoms with Crippen molar-refractivity contribution in [2.75, 3.05) is 26.2 Å². The van der Waals surface area contributed by atoms with E-state index in [1.807, 2.05) is 18.7 Å². The first-order chi connectivity index (χ1) is 18.5. The molecule has 39 heavy (non-hydrogen) atoms. The maximum Gasteiger partial charge on any atom is 0.247 e. The van der Waals surface area contributed by atoms with Crippen molar-refractivity contribution >= 4 is 45.0 Å². The number of hydrogen-bond acceptors (Lipinski definition) is 5. The smallest absolute Gasteiger partial charge is 0.247 e. The largest absolute Gasteiger partial charge is 0.335 e. The van der Waals surface area contributed by atoms with Crippen LogP contribution in [0.15, 0.2) is 47.4 Å². The third-order valence-corrected chi connectivity index (χ3v) is 10.2. The van der Waals surface area contributed by atoms with Gasteiger partial charge in [-0.05, 0) is 75.7 Å². The maximum atomic E-state index is 15.0. The van der Waals surface area contributed by atoms with Gasteiger partial charge in [0, 0.05) is 29.1 Å². The van der Waals surface area contributed by atoms with Crippen LogP contribution in [0.4, 0.5) is 4.39 Å². The highest BCUT2D eigenvalue weighted by Crippen LogP contribution is 2.35. The van der Waals surface area contributed by atoms with Crippen LogP contribution in [0.1, 0.15) is 32.3 Å². The molecule has 0 aliphatic carbocycles. The predicted molar refractivity (Wildman–Crippen MR) is 146 cm³/mol. The first kappa shape index (κ1) is 28.3. The molecule has 0 radical (unpaired) electrons. The molecule has 210 valence electrons. The zero-order valence-corrected chi connectivity index (χ0v) is 24.1. The van der Waals surface area contributed by atoms with Gasteiger partial charge in [-0.15, -0.1) is 0 Å². The molecule has 5 rings (SSSR count). The Bertz CT molecular complexity index is 1370. The van der Waals surface area contributed by atoms with Gasteiger partial charge in [0.1, 0.15) is 29.0 Å². The maximum absolute atomic E-state index is 15.0. The van der Waals surface area contributed by atoms with Gasteiger partial charge in [-0.3, -0.25) is 14.5 Å². The number of amides is 2. The summed E-state index contributed by atoms with van der Waals surface area (Å²) in [5.74, 6) is -1.46. The van der Waals surface area contributed by atoms with Crippen molar-refractivity contribution in [3.8, 4) is 0 Å². The van der Waals surface area contributed by atoms with E-state index in [1.54, 1.807) is 29.2 Å². The number of halogens is 3. The lowest BCUT2D eigenvalue weighted by Crippen LogP contribution is -2.76. The monoisotopic (exact) mass is 596 g/mol. The van der Waals surface area contributed by atoms with Crippen molar-refractivity contribution in [1.29, 1.82) is 0 Å². The lowest BCUT2D eigenvalue weighted by atomic mass is 9.96. The van der Waals surface area contributed by atoms with Crippen LogP contribution in [0, 0.1) is 5.82 Å². The minimum atomic E-state index is -4.44. The second-order valence-corrected chi connectivity index (χ2v) is 13.3. The van der Waals surface area contributed by atoms with Crippen molar-refractivity contribution in [3.05, 3.63) is 63.9 Å². The van der Waals surface area contributed by atoms with Gasteiger partial charge in [-0.25, -0.2) is 12.8 Å². The van der Waals surface area contributed by atoms with Gasteiger partial charge >= 0.3 is 0 Å². The van der Waals surface area contributed by atoms with Crippen molar-refractivity contribution in [2.45, 2.75) is 62.3 Å². The van der Waals surface area contributed by atoms with Crippen molar-refractivity contribution in [1.82, 2.24) is 19.0 Å². The van der Waals surface area contributed by atoms with E-state index < -0.39 is 39.0 Å². The molecule has 3 aliphatic heterocycles. The molecule has 2 aromatic rings. The van der Waals surface area contributed by atoms with Gasteiger partial charge in [0.15, 0.2) is 0 Å². The molecule has 0 spiro atoms. The highest BCUT2D eigenvalue weighted by Gasteiger charge is 2.55. The predicted octanol–water partition coefficient (Wildman–Crippen LogP) is 3.62. The van der Waals surface area contributed by atoms with Crippen LogP contribution in [0.3, 0.4) is 0 Å². The Morgan fingerprint density at radius 1 is 0.949 bits per heavy atom. The average molecular weight is 598 g/mol. The first-order valence-corrected chi connectivity index (χ1v) is 15.3. The molecular formula is C27H31Cl2FN4O4S. The molecular weight excluding hydrogens is 566 g/mol. The van der Waals surface area contributed by atoms with E-state index in [-0.39, 0.29) is 42.4 Å². The molecule has 3 saturated heterocycles. The molecule has 0 saturated carbocycles. The molecule has 0 aromatic heterocycles. The zero-order chi connectivity index (χ0) is 28.1. The normalized spacial score (nSPS) is 25.0. The summed E-state index contributed by atoms with van der Waals surface area (Å²) in [4.78, 5) is 32.4. The van der Waals surface area contributed by atoms with E-state index in [0.29, 0.717) is 18.1 Å². The third kappa shape index (κ3) is 5.29. The van der Waals surface area contributed by atoms with Crippen LogP contribution in [-0.2, 0) is 26.0 Å². The van der Waals surface area contributed by atoms with Crippen LogP contribution in [0.25, 0.3) is 0 Å². The summed E-state index contributed by atoms with van der Waals surface area (Å²) in [6, 6.07) is 8.45. The standard InChI is InChI=1S/C27H31Cl2FN4O4S/c1-17(2)32-16-25-33(39(37,38)24-14-20(29)9-10-21(24)30)15-23(31-11-3-4-12-31)27(36)34(25)22(26(32)35)13-18-5-7-19(28)8-6-18/h5-10,14,17,22-23,25H,3-4,11-13,15-16H2,1-2H3. The number of carbonyl (C=O) groups is 2. The topological polar surface area (TPSA) is 81.2 Å². The van der Waals surface area contributed by atoms with Gasteiger partial charge < -0.3 is 9.80 Å². The molecule has 2 aromatic carbocycles. The molecule has 0 N–H and O–H groups in total. The number of sulfonamides is 1. The Morgan fingerprint density at radius 3 is 2.23 bits per heavy atom. The van der Waals surface area contributed by atoms with Gasteiger partial charge in [0.2, 0.25) is 21.8 Å². The van der Waals surface area contributed by atoms with Crippen molar-refractivity contribution in [3.63, 3.8) is 0 Å². The fourth-order valence-corrected chi connectivity index (χ4v) is 7.86. The number of piperazine rings is 1. The van der Waals surface area contributed by atoms with Gasteiger partial charge in [0.05, 0.1) is 6.54 Å². The van der Waals surface area contributed by atoms with Crippen LogP contribution >= 0.6 is 23.2 Å². The number of likely N-dealkylation sites (tertiary alicyclic amines) is 1. The summed E-state index contributed by atoms with van der Waals surface area (Å²) in [5.41, 5.74) is 0.786. The number of benzene rings is 2. The van der Waals surface area contributed by atoms with E-state index in [0.717, 1.165) is 30.5 Å². The van der Waals surface area contributed by atoms with Crippen molar-refractivity contribution < 1.29 is 22.4 Å². The lowest BCUT2D eigenvalue weighted by molar-refractivity contribution is -0.171. The SMILES string of the molecule is CC(C)N1CC2N(C(=O)C(N3CCCC3)CN2S(=O)(=O)c2cc(Cl)ccc2F)C(Cc2ccc(Cl)cc2)C1=O. The fourth-order valence-electron chi connectivity index (χ4n) is 5.82. The summed E-state index contributed by atoms with van der Waals surface area (Å²) >= 11 is 12.1. The number of fused-ring (bicyclic) bond motifs is 1. The summed E-state index contributed by atoms with van der Waals surface area (Å²) in [6.45, 7) is 4.82. The second kappa shape index (κ2) is 11.0.